The Labute approximate surface area is 183 Å². The van der Waals surface area contributed by atoms with Crippen LogP contribution in [0.1, 0.15) is 20.7 Å². The summed E-state index contributed by atoms with van der Waals surface area (Å²) in [4.78, 5) is 46.1. The Kier molecular flexibility index (Phi) is 4.89. The van der Waals surface area contributed by atoms with E-state index in [1.54, 1.807) is 59.6 Å². The highest BCUT2D eigenvalue weighted by molar-refractivity contribution is 6.11. The van der Waals surface area contributed by atoms with Crippen molar-refractivity contribution in [1.82, 2.24) is 14.8 Å². The Bertz CT molecular complexity index is 1230. The number of nitrogens with one attached hydrogen (secondary N) is 1. The molecule has 3 aromatic rings. The van der Waals surface area contributed by atoms with E-state index in [4.69, 9.17) is 0 Å². The lowest BCUT2D eigenvalue weighted by Crippen LogP contribution is -2.59. The summed E-state index contributed by atoms with van der Waals surface area (Å²) in [5.41, 5.74) is 2.03. The number of nitrogens with zero attached hydrogens (tertiary/aromatic N) is 3. The molecule has 0 aliphatic carbocycles. The number of hydrogen-bond donors (Lipinski definition) is 1. The first-order chi connectivity index (χ1) is 15.5. The zero-order valence-corrected chi connectivity index (χ0v) is 17.0. The molecule has 5 rings (SSSR count). The summed E-state index contributed by atoms with van der Waals surface area (Å²) in [6.45, 7) is 0.595. The van der Waals surface area contributed by atoms with Gasteiger partial charge < -0.3 is 15.1 Å². The number of halogens is 1. The number of rotatable bonds is 2. The molecule has 160 valence electrons. The lowest BCUT2D eigenvalue weighted by atomic mass is 10.0. The van der Waals surface area contributed by atoms with Gasteiger partial charge in [0, 0.05) is 31.0 Å². The second kappa shape index (κ2) is 7.88. The molecule has 3 amide bonds. The number of piperazine rings is 1. The van der Waals surface area contributed by atoms with E-state index >= 15 is 0 Å². The van der Waals surface area contributed by atoms with Crippen LogP contribution in [0, 0.1) is 5.82 Å². The molecule has 8 heteroatoms. The molecule has 1 N–H and O–H groups in total. The van der Waals surface area contributed by atoms with Crippen LogP contribution in [0.4, 0.5) is 10.1 Å². The van der Waals surface area contributed by atoms with Crippen molar-refractivity contribution >= 4 is 23.4 Å². The molecular weight excluding hydrogens is 411 g/mol. The Morgan fingerprint density at radius 3 is 2.66 bits per heavy atom. The monoisotopic (exact) mass is 430 g/mol. The van der Waals surface area contributed by atoms with Crippen molar-refractivity contribution in [1.29, 1.82) is 0 Å². The molecule has 1 atom stereocenters. The molecule has 1 saturated heterocycles. The van der Waals surface area contributed by atoms with Crippen LogP contribution in [-0.4, -0.2) is 58.2 Å². The second-order valence-electron chi connectivity index (χ2n) is 7.74. The largest absolute Gasteiger partial charge is 0.334 e. The van der Waals surface area contributed by atoms with Gasteiger partial charge in [-0.1, -0.05) is 24.3 Å². The van der Waals surface area contributed by atoms with Gasteiger partial charge in [0.2, 0.25) is 5.91 Å². The minimum absolute atomic E-state index is 0.0828. The van der Waals surface area contributed by atoms with Crippen molar-refractivity contribution in [2.45, 2.75) is 6.04 Å². The Morgan fingerprint density at radius 2 is 1.88 bits per heavy atom. The lowest BCUT2D eigenvalue weighted by Gasteiger charge is -2.39. The molecule has 1 aromatic heterocycles. The van der Waals surface area contributed by atoms with E-state index in [0.717, 1.165) is 0 Å². The molecule has 1 unspecified atom stereocenters. The fourth-order valence-electron chi connectivity index (χ4n) is 4.17. The maximum atomic E-state index is 14.3. The molecule has 0 radical (unpaired) electrons. The summed E-state index contributed by atoms with van der Waals surface area (Å²) in [5.74, 6) is -1.31. The van der Waals surface area contributed by atoms with Crippen LogP contribution in [0.2, 0.25) is 0 Å². The van der Waals surface area contributed by atoms with Gasteiger partial charge in [-0.2, -0.15) is 0 Å². The van der Waals surface area contributed by atoms with Gasteiger partial charge in [-0.05, 0) is 35.9 Å². The number of benzene rings is 2. The van der Waals surface area contributed by atoms with Gasteiger partial charge in [-0.25, -0.2) is 4.39 Å². The number of carbonyl (C=O) groups is 3. The highest BCUT2D eigenvalue weighted by atomic mass is 19.1. The number of amides is 3. The fourth-order valence-corrected chi connectivity index (χ4v) is 4.17. The zero-order valence-electron chi connectivity index (χ0n) is 17.0. The highest BCUT2D eigenvalue weighted by Gasteiger charge is 2.40. The van der Waals surface area contributed by atoms with Gasteiger partial charge in [0.05, 0.1) is 23.4 Å². The predicted molar refractivity (Wildman–Crippen MR) is 115 cm³/mol. The van der Waals surface area contributed by atoms with E-state index in [-0.39, 0.29) is 30.8 Å². The van der Waals surface area contributed by atoms with E-state index in [1.165, 1.54) is 17.2 Å². The standard InChI is InChI=1S/C24H19FN4O3/c25-19-6-2-1-5-17(19)15-7-8-20-18(12-15)24(32)29-11-10-28(14-21(29)22(30)27-20)23(31)16-4-3-9-26-13-16/h1-9,12-13,21H,10-11,14H2,(H,27,30). The van der Waals surface area contributed by atoms with Crippen molar-refractivity contribution in [3.05, 3.63) is 83.9 Å². The van der Waals surface area contributed by atoms with Crippen molar-refractivity contribution in [3.63, 3.8) is 0 Å². The number of aromatic nitrogens is 1. The number of anilines is 1. The molecule has 0 saturated carbocycles. The molecule has 1 fully saturated rings. The summed E-state index contributed by atoms with van der Waals surface area (Å²) in [5, 5.41) is 2.80. The first-order valence-corrected chi connectivity index (χ1v) is 10.2. The fraction of sp³-hybridized carbons (Fsp3) is 0.167. The third-order valence-corrected chi connectivity index (χ3v) is 5.83. The third kappa shape index (κ3) is 3.39. The van der Waals surface area contributed by atoms with Gasteiger partial charge in [0.1, 0.15) is 11.9 Å². The van der Waals surface area contributed by atoms with Crippen molar-refractivity contribution in [3.8, 4) is 11.1 Å². The Balaban J connectivity index is 1.45. The number of hydrogen-bond acceptors (Lipinski definition) is 4. The van der Waals surface area contributed by atoms with Crippen LogP contribution in [0.5, 0.6) is 0 Å². The van der Waals surface area contributed by atoms with Crippen molar-refractivity contribution < 1.29 is 18.8 Å². The molecule has 7 nitrogen and oxygen atoms in total. The second-order valence-corrected chi connectivity index (χ2v) is 7.74. The zero-order chi connectivity index (χ0) is 22.2. The number of pyridine rings is 1. The lowest BCUT2D eigenvalue weighted by molar-refractivity contribution is -0.121. The van der Waals surface area contributed by atoms with E-state index in [2.05, 4.69) is 10.3 Å². The number of fused-ring (bicyclic) bond motifs is 2. The van der Waals surface area contributed by atoms with E-state index in [9.17, 15) is 18.8 Å². The van der Waals surface area contributed by atoms with Crippen LogP contribution in [0.15, 0.2) is 67.0 Å². The van der Waals surface area contributed by atoms with Crippen molar-refractivity contribution in [2.24, 2.45) is 0 Å². The molecule has 3 heterocycles. The molecular formula is C24H19FN4O3. The van der Waals surface area contributed by atoms with Gasteiger partial charge in [-0.15, -0.1) is 0 Å². The van der Waals surface area contributed by atoms with Gasteiger partial charge in [0.15, 0.2) is 0 Å². The minimum atomic E-state index is -0.818. The summed E-state index contributed by atoms with van der Waals surface area (Å²) >= 11 is 0. The quantitative estimate of drug-likeness (QED) is 0.678. The van der Waals surface area contributed by atoms with Gasteiger partial charge >= 0.3 is 0 Å². The smallest absolute Gasteiger partial charge is 0.256 e. The topological polar surface area (TPSA) is 82.6 Å². The maximum absolute atomic E-state index is 14.3. The average molecular weight is 430 g/mol. The van der Waals surface area contributed by atoms with E-state index < -0.39 is 11.9 Å². The summed E-state index contributed by atoms with van der Waals surface area (Å²) in [6, 6.07) is 13.7. The van der Waals surface area contributed by atoms with Gasteiger partial charge in [0.25, 0.3) is 11.8 Å². The van der Waals surface area contributed by atoms with Crippen LogP contribution in [0.25, 0.3) is 11.1 Å². The summed E-state index contributed by atoms with van der Waals surface area (Å²) < 4.78 is 14.3. The average Bonchev–Trinajstić information content (AvgIpc) is 2.93. The SMILES string of the molecule is O=C1Nc2ccc(-c3ccccc3F)cc2C(=O)N2CCN(C(=O)c3cccnc3)CC12. The number of carbonyl (C=O) groups excluding carboxylic acids is 3. The summed E-state index contributed by atoms with van der Waals surface area (Å²) in [6.07, 6.45) is 3.06. The minimum Gasteiger partial charge on any atom is -0.334 e. The first kappa shape index (κ1) is 19.9. The third-order valence-electron chi connectivity index (χ3n) is 5.83. The molecule has 2 aliphatic heterocycles. The van der Waals surface area contributed by atoms with Gasteiger partial charge in [-0.3, -0.25) is 19.4 Å². The summed E-state index contributed by atoms with van der Waals surface area (Å²) in [7, 11) is 0. The van der Waals surface area contributed by atoms with Crippen molar-refractivity contribution in [2.75, 3.05) is 25.0 Å². The van der Waals surface area contributed by atoms with Crippen LogP contribution in [0.3, 0.4) is 0 Å². The van der Waals surface area contributed by atoms with Crippen LogP contribution >= 0.6 is 0 Å². The Hall–Kier alpha value is -4.07. The molecule has 2 aliphatic rings. The first-order valence-electron chi connectivity index (χ1n) is 10.2. The maximum Gasteiger partial charge on any atom is 0.256 e. The van der Waals surface area contributed by atoms with Crippen LogP contribution < -0.4 is 5.32 Å². The molecule has 0 bridgehead atoms. The normalized spacial score (nSPS) is 17.8. The van der Waals surface area contributed by atoms with Crippen LogP contribution in [-0.2, 0) is 4.79 Å². The van der Waals surface area contributed by atoms with E-state index in [0.29, 0.717) is 34.5 Å². The molecule has 32 heavy (non-hydrogen) atoms. The Morgan fingerprint density at radius 1 is 1.03 bits per heavy atom. The van der Waals surface area contributed by atoms with E-state index in [1.807, 2.05) is 0 Å². The molecule has 0 spiro atoms. The highest BCUT2D eigenvalue weighted by Crippen LogP contribution is 2.31. The predicted octanol–water partition coefficient (Wildman–Crippen LogP) is 2.81. The molecule has 2 aromatic carbocycles.